The van der Waals surface area contributed by atoms with Crippen molar-refractivity contribution in [1.82, 2.24) is 9.88 Å². The van der Waals surface area contributed by atoms with Gasteiger partial charge in [0.1, 0.15) is 5.75 Å². The topological polar surface area (TPSA) is 34.6 Å². The number of fused-ring (bicyclic) bond motifs is 3. The van der Waals surface area contributed by atoms with Crippen LogP contribution in [0.15, 0.2) is 48.7 Å². The number of nitrogens with zero attached hydrogens (tertiary/aromatic N) is 2. The van der Waals surface area contributed by atoms with E-state index in [0.29, 0.717) is 6.61 Å². The molecule has 4 nitrogen and oxygen atoms in total. The molecule has 0 saturated carbocycles. The fraction of sp³-hybridized carbons (Fsp3) is 0.345. The summed E-state index contributed by atoms with van der Waals surface area (Å²) < 4.78 is 12.4. The fourth-order valence-corrected chi connectivity index (χ4v) is 5.45. The summed E-state index contributed by atoms with van der Waals surface area (Å²) in [7, 11) is 2.20. The molecular formula is C29H30N2O2. The number of hydrogen-bond donors (Lipinski definition) is 0. The first-order valence-corrected chi connectivity index (χ1v) is 11.8. The molecule has 0 atom stereocenters. The van der Waals surface area contributed by atoms with Crippen molar-refractivity contribution in [2.45, 2.75) is 52.5 Å². The summed E-state index contributed by atoms with van der Waals surface area (Å²) >= 11 is 0. The number of benzene rings is 3. The summed E-state index contributed by atoms with van der Waals surface area (Å²) in [5, 5.41) is 3.77. The minimum absolute atomic E-state index is 0.216. The first-order chi connectivity index (χ1) is 15.9. The monoisotopic (exact) mass is 438 g/mol. The van der Waals surface area contributed by atoms with Gasteiger partial charge in [0.25, 0.3) is 0 Å². The van der Waals surface area contributed by atoms with E-state index in [1.165, 1.54) is 44.2 Å². The number of pyridine rings is 1. The second-order valence-corrected chi connectivity index (χ2v) is 10.3. The van der Waals surface area contributed by atoms with Crippen LogP contribution in [0.1, 0.15) is 43.0 Å². The number of ether oxygens (including phenoxy) is 2. The molecule has 0 spiro atoms. The van der Waals surface area contributed by atoms with Gasteiger partial charge in [-0.3, -0.25) is 9.88 Å². The second kappa shape index (κ2) is 7.54. The normalized spacial score (nSPS) is 15.8. The molecule has 0 unspecified atom stereocenters. The van der Waals surface area contributed by atoms with E-state index in [0.717, 1.165) is 42.8 Å². The van der Waals surface area contributed by atoms with Crippen LogP contribution >= 0.6 is 0 Å². The molecule has 0 N–H and O–H groups in total. The van der Waals surface area contributed by atoms with E-state index in [-0.39, 0.29) is 5.60 Å². The van der Waals surface area contributed by atoms with E-state index in [1.54, 1.807) is 0 Å². The van der Waals surface area contributed by atoms with Crippen LogP contribution in [0.25, 0.3) is 32.8 Å². The predicted molar refractivity (Wildman–Crippen MR) is 134 cm³/mol. The van der Waals surface area contributed by atoms with Crippen molar-refractivity contribution < 1.29 is 9.47 Å². The van der Waals surface area contributed by atoms with Crippen molar-refractivity contribution in [3.63, 3.8) is 0 Å². The lowest BCUT2D eigenvalue weighted by atomic mass is 9.85. The molecular weight excluding hydrogens is 408 g/mol. The Morgan fingerprint density at radius 1 is 1.00 bits per heavy atom. The molecule has 1 aromatic heterocycles. The first-order valence-electron chi connectivity index (χ1n) is 11.8. The van der Waals surface area contributed by atoms with Crippen LogP contribution in [0, 0.1) is 0 Å². The third-order valence-corrected chi connectivity index (χ3v) is 6.90. The molecule has 33 heavy (non-hydrogen) atoms. The lowest BCUT2D eigenvalue weighted by Gasteiger charge is -2.25. The van der Waals surface area contributed by atoms with Gasteiger partial charge in [0, 0.05) is 36.7 Å². The van der Waals surface area contributed by atoms with Gasteiger partial charge in [-0.25, -0.2) is 0 Å². The highest BCUT2D eigenvalue weighted by Gasteiger charge is 2.28. The third-order valence-electron chi connectivity index (χ3n) is 6.90. The maximum Gasteiger partial charge on any atom is 0.129 e. The Morgan fingerprint density at radius 2 is 1.79 bits per heavy atom. The highest BCUT2D eigenvalue weighted by atomic mass is 16.5. The van der Waals surface area contributed by atoms with E-state index < -0.39 is 0 Å². The maximum atomic E-state index is 6.42. The summed E-state index contributed by atoms with van der Waals surface area (Å²) in [6.07, 6.45) is 2.87. The van der Waals surface area contributed by atoms with E-state index in [2.05, 4.69) is 75.2 Å². The van der Waals surface area contributed by atoms with Crippen LogP contribution in [0.2, 0.25) is 0 Å². The Morgan fingerprint density at radius 3 is 2.61 bits per heavy atom. The third kappa shape index (κ3) is 3.40. The molecule has 3 heterocycles. The zero-order valence-corrected chi connectivity index (χ0v) is 19.9. The number of rotatable bonds is 3. The largest absolute Gasteiger partial charge is 0.493 e. The highest BCUT2D eigenvalue weighted by Crippen LogP contribution is 2.45. The van der Waals surface area contributed by atoms with Gasteiger partial charge in [-0.05, 0) is 84.6 Å². The Kier molecular flexibility index (Phi) is 4.72. The molecule has 0 fully saturated rings. The summed E-state index contributed by atoms with van der Waals surface area (Å²) in [5.41, 5.74) is 8.69. The maximum absolute atomic E-state index is 6.42. The van der Waals surface area contributed by atoms with Crippen LogP contribution in [0.4, 0.5) is 0 Å². The smallest absolute Gasteiger partial charge is 0.129 e. The summed E-state index contributed by atoms with van der Waals surface area (Å²) in [6, 6.07) is 15.3. The fourth-order valence-electron chi connectivity index (χ4n) is 5.45. The SMILES string of the molecule is CN1Cc2c(COC(C)(C)C)c(-c3ccc4c5c(ccnc35)CCO4)c3ccccc3c2C1. The molecule has 2 aliphatic heterocycles. The minimum Gasteiger partial charge on any atom is -0.493 e. The molecule has 0 saturated heterocycles. The van der Waals surface area contributed by atoms with Crippen LogP contribution in [0.3, 0.4) is 0 Å². The quantitative estimate of drug-likeness (QED) is 0.379. The van der Waals surface area contributed by atoms with Gasteiger partial charge < -0.3 is 9.47 Å². The van der Waals surface area contributed by atoms with Crippen molar-refractivity contribution in [3.05, 3.63) is 70.9 Å². The van der Waals surface area contributed by atoms with Crippen molar-refractivity contribution >= 4 is 21.7 Å². The van der Waals surface area contributed by atoms with E-state index in [4.69, 9.17) is 14.5 Å². The lowest BCUT2D eigenvalue weighted by Crippen LogP contribution is -2.20. The standard InChI is InChI=1S/C29H30N2O2/c1-29(2,3)33-17-24-23-16-31(4)15-22(23)19-7-5-6-8-20(19)27(24)21-9-10-25-26-18(12-14-32-25)11-13-30-28(21)26/h5-11,13H,12,14-17H2,1-4H3. The molecule has 3 aromatic carbocycles. The van der Waals surface area contributed by atoms with E-state index in [1.807, 2.05) is 6.20 Å². The molecule has 2 aliphatic rings. The molecule has 168 valence electrons. The summed E-state index contributed by atoms with van der Waals surface area (Å²) in [6.45, 7) is 9.59. The van der Waals surface area contributed by atoms with Crippen LogP contribution in [-0.2, 0) is 30.9 Å². The van der Waals surface area contributed by atoms with Gasteiger partial charge in [-0.15, -0.1) is 0 Å². The van der Waals surface area contributed by atoms with Crippen molar-refractivity contribution in [2.75, 3.05) is 13.7 Å². The van der Waals surface area contributed by atoms with Gasteiger partial charge >= 0.3 is 0 Å². The van der Waals surface area contributed by atoms with Crippen molar-refractivity contribution in [1.29, 1.82) is 0 Å². The lowest BCUT2D eigenvalue weighted by molar-refractivity contribution is -0.0150. The van der Waals surface area contributed by atoms with Crippen molar-refractivity contribution in [2.24, 2.45) is 0 Å². The van der Waals surface area contributed by atoms with Crippen LogP contribution in [-0.4, -0.2) is 29.1 Å². The number of hydrogen-bond acceptors (Lipinski definition) is 4. The Hall–Kier alpha value is -2.95. The second-order valence-electron chi connectivity index (χ2n) is 10.3. The molecule has 0 amide bonds. The molecule has 0 radical (unpaired) electrons. The first kappa shape index (κ1) is 20.6. The molecule has 0 aliphatic carbocycles. The van der Waals surface area contributed by atoms with Crippen molar-refractivity contribution in [3.8, 4) is 16.9 Å². The van der Waals surface area contributed by atoms with E-state index in [9.17, 15) is 0 Å². The van der Waals surface area contributed by atoms with E-state index >= 15 is 0 Å². The van der Waals surface area contributed by atoms with Crippen LogP contribution in [0.5, 0.6) is 5.75 Å². The summed E-state index contributed by atoms with van der Waals surface area (Å²) in [5.74, 6) is 0.945. The molecule has 6 rings (SSSR count). The minimum atomic E-state index is -0.216. The average Bonchev–Trinajstić information content (AvgIpc) is 3.19. The Bertz CT molecular complexity index is 1390. The molecule has 0 bridgehead atoms. The Balaban J connectivity index is 1.70. The number of aromatic nitrogens is 1. The molecule has 4 heteroatoms. The van der Waals surface area contributed by atoms with Gasteiger partial charge in [0.2, 0.25) is 0 Å². The molecule has 4 aromatic rings. The summed E-state index contributed by atoms with van der Waals surface area (Å²) in [4.78, 5) is 7.29. The zero-order chi connectivity index (χ0) is 22.7. The highest BCUT2D eigenvalue weighted by molar-refractivity contribution is 6.09. The van der Waals surface area contributed by atoms with Gasteiger partial charge in [-0.2, -0.15) is 0 Å². The average molecular weight is 439 g/mol. The van der Waals surface area contributed by atoms with Crippen LogP contribution < -0.4 is 4.74 Å². The van der Waals surface area contributed by atoms with Gasteiger partial charge in [-0.1, -0.05) is 24.3 Å². The Labute approximate surface area is 195 Å². The predicted octanol–water partition coefficient (Wildman–Crippen LogP) is 6.25. The van der Waals surface area contributed by atoms with Gasteiger partial charge in [0.15, 0.2) is 0 Å². The van der Waals surface area contributed by atoms with Gasteiger partial charge in [0.05, 0.1) is 24.3 Å². The zero-order valence-electron chi connectivity index (χ0n) is 19.9.